The molecule has 1 aromatic heterocycles. The summed E-state index contributed by atoms with van der Waals surface area (Å²) in [4.78, 5) is 2.42. The van der Waals surface area contributed by atoms with Crippen LogP contribution < -0.4 is 4.90 Å². The highest BCUT2D eigenvalue weighted by Crippen LogP contribution is 2.51. The molecule has 0 N–H and O–H groups in total. The van der Waals surface area contributed by atoms with Gasteiger partial charge in [0.05, 0.1) is 0 Å². The number of nitrogens with zero attached hydrogens (tertiary/aromatic N) is 1. The van der Waals surface area contributed by atoms with Gasteiger partial charge in [0.25, 0.3) is 0 Å². The first-order valence-electron chi connectivity index (χ1n) is 19.1. The second-order valence-electron chi connectivity index (χ2n) is 15.3. The Morgan fingerprint density at radius 2 is 1.04 bits per heavy atom. The fourth-order valence-electron chi connectivity index (χ4n) is 9.07. The lowest BCUT2D eigenvalue weighted by Gasteiger charge is -2.28. The van der Waals surface area contributed by atoms with Gasteiger partial charge < -0.3 is 4.90 Å². The Kier molecular flexibility index (Phi) is 7.14. The molecule has 0 spiro atoms. The Balaban J connectivity index is 1.05. The average molecular weight is 720 g/mol. The Labute approximate surface area is 325 Å². The molecule has 11 rings (SSSR count). The Morgan fingerprint density at radius 1 is 0.382 bits per heavy atom. The number of hydrogen-bond donors (Lipinski definition) is 0. The molecule has 1 aliphatic carbocycles. The van der Waals surface area contributed by atoms with Gasteiger partial charge in [-0.2, -0.15) is 0 Å². The van der Waals surface area contributed by atoms with Crippen molar-refractivity contribution in [2.75, 3.05) is 4.90 Å². The van der Waals surface area contributed by atoms with Crippen LogP contribution in [-0.2, 0) is 5.41 Å². The second kappa shape index (κ2) is 12.3. The van der Waals surface area contributed by atoms with E-state index in [1.807, 2.05) is 11.3 Å². The summed E-state index contributed by atoms with van der Waals surface area (Å²) in [5.41, 5.74) is 13.6. The summed E-state index contributed by atoms with van der Waals surface area (Å²) >= 11 is 1.89. The second-order valence-corrected chi connectivity index (χ2v) is 16.4. The van der Waals surface area contributed by atoms with E-state index in [1.54, 1.807) is 0 Å². The van der Waals surface area contributed by atoms with Crippen LogP contribution in [0, 0.1) is 0 Å². The van der Waals surface area contributed by atoms with Crippen LogP contribution in [0.2, 0.25) is 0 Å². The zero-order valence-electron chi connectivity index (χ0n) is 30.8. The normalized spacial score (nSPS) is 13.1. The lowest BCUT2D eigenvalue weighted by Crippen LogP contribution is -2.15. The molecular weight excluding hydrogens is 683 g/mol. The van der Waals surface area contributed by atoms with Gasteiger partial charge in [-0.15, -0.1) is 11.3 Å². The Hall–Kier alpha value is -6.48. The van der Waals surface area contributed by atoms with Crippen LogP contribution in [0.5, 0.6) is 0 Å². The number of rotatable bonds is 5. The van der Waals surface area contributed by atoms with Crippen molar-refractivity contribution in [2.45, 2.75) is 19.3 Å². The topological polar surface area (TPSA) is 3.24 Å². The number of thiophene rings is 1. The molecule has 0 bridgehead atoms. The summed E-state index contributed by atoms with van der Waals surface area (Å²) in [6.07, 6.45) is 0. The van der Waals surface area contributed by atoms with Gasteiger partial charge in [0.15, 0.2) is 0 Å². The third kappa shape index (κ3) is 5.06. The Morgan fingerprint density at radius 3 is 1.95 bits per heavy atom. The highest BCUT2D eigenvalue weighted by molar-refractivity contribution is 7.26. The molecular formula is C53H37NS. The molecule has 10 aromatic rings. The van der Waals surface area contributed by atoms with Crippen molar-refractivity contribution >= 4 is 70.1 Å². The zero-order valence-corrected chi connectivity index (χ0v) is 31.6. The lowest BCUT2D eigenvalue weighted by molar-refractivity contribution is 0.660. The molecule has 9 aromatic carbocycles. The van der Waals surface area contributed by atoms with Crippen LogP contribution in [0.4, 0.5) is 17.1 Å². The summed E-state index contributed by atoms with van der Waals surface area (Å²) in [5, 5.41) is 7.77. The van der Waals surface area contributed by atoms with E-state index >= 15 is 0 Å². The standard InChI is InChI=1S/C53H37NS/c1-53(2)49-19-7-5-16-44(49)48-33-41(28-30-50(48)53)54(40-14-9-13-38(31-40)43-18-10-12-35-11-3-4-15-42(35)43)39-26-23-34(24-27-39)37-22-21-36-25-29-46-45-17-6-8-20-51(45)55-52(46)47(36)32-37/h3-33H,1-2H3. The predicted molar refractivity (Wildman–Crippen MR) is 237 cm³/mol. The summed E-state index contributed by atoms with van der Waals surface area (Å²) in [6, 6.07) is 69.6. The van der Waals surface area contributed by atoms with Crippen molar-refractivity contribution in [2.24, 2.45) is 0 Å². The van der Waals surface area contributed by atoms with Crippen molar-refractivity contribution in [3.8, 4) is 33.4 Å². The van der Waals surface area contributed by atoms with Gasteiger partial charge in [0.2, 0.25) is 0 Å². The fourth-order valence-corrected chi connectivity index (χ4v) is 10.3. The summed E-state index contributed by atoms with van der Waals surface area (Å²) < 4.78 is 2.69. The fraction of sp³-hybridized carbons (Fsp3) is 0.0566. The van der Waals surface area contributed by atoms with Gasteiger partial charge in [0, 0.05) is 48.0 Å². The minimum absolute atomic E-state index is 0.0491. The molecule has 1 heterocycles. The quantitative estimate of drug-likeness (QED) is 0.171. The first kappa shape index (κ1) is 32.0. The minimum atomic E-state index is -0.0491. The lowest BCUT2D eigenvalue weighted by atomic mass is 9.82. The van der Waals surface area contributed by atoms with E-state index in [9.17, 15) is 0 Å². The number of hydrogen-bond acceptors (Lipinski definition) is 2. The molecule has 0 radical (unpaired) electrons. The molecule has 2 heteroatoms. The maximum absolute atomic E-state index is 2.42. The van der Waals surface area contributed by atoms with Crippen molar-refractivity contribution < 1.29 is 0 Å². The SMILES string of the molecule is CC1(C)c2ccccc2-c2cc(N(c3ccc(-c4ccc5ccc6c7ccccc7sc6c5c4)cc3)c3cccc(-c4cccc5ccccc45)c3)ccc21. The van der Waals surface area contributed by atoms with Gasteiger partial charge >= 0.3 is 0 Å². The molecule has 1 nitrogen and oxygen atoms in total. The minimum Gasteiger partial charge on any atom is -0.310 e. The number of fused-ring (bicyclic) bond motifs is 9. The van der Waals surface area contributed by atoms with Crippen LogP contribution in [-0.4, -0.2) is 0 Å². The third-order valence-corrected chi connectivity index (χ3v) is 13.1. The van der Waals surface area contributed by atoms with Crippen molar-refractivity contribution in [1.82, 2.24) is 0 Å². The summed E-state index contributed by atoms with van der Waals surface area (Å²) in [5.74, 6) is 0. The molecule has 0 saturated heterocycles. The van der Waals surface area contributed by atoms with E-state index in [4.69, 9.17) is 0 Å². The first-order chi connectivity index (χ1) is 27.0. The zero-order chi connectivity index (χ0) is 36.7. The van der Waals surface area contributed by atoms with E-state index in [0.717, 1.165) is 17.1 Å². The van der Waals surface area contributed by atoms with Gasteiger partial charge in [-0.25, -0.2) is 0 Å². The van der Waals surface area contributed by atoms with E-state index in [2.05, 4.69) is 207 Å². The molecule has 55 heavy (non-hydrogen) atoms. The van der Waals surface area contributed by atoms with Crippen LogP contribution in [0.3, 0.4) is 0 Å². The highest BCUT2D eigenvalue weighted by Gasteiger charge is 2.35. The van der Waals surface area contributed by atoms with Crippen molar-refractivity contribution in [3.63, 3.8) is 0 Å². The molecule has 0 aliphatic heterocycles. The maximum Gasteiger partial charge on any atom is 0.0468 e. The van der Waals surface area contributed by atoms with E-state index in [1.165, 1.54) is 86.2 Å². The number of benzene rings is 9. The molecule has 0 unspecified atom stereocenters. The smallest absolute Gasteiger partial charge is 0.0468 e. The van der Waals surface area contributed by atoms with E-state index < -0.39 is 0 Å². The predicted octanol–water partition coefficient (Wildman–Crippen LogP) is 15.5. The van der Waals surface area contributed by atoms with Gasteiger partial charge in [-0.05, 0) is 109 Å². The molecule has 1 aliphatic rings. The first-order valence-corrected chi connectivity index (χ1v) is 19.9. The molecule has 260 valence electrons. The van der Waals surface area contributed by atoms with Gasteiger partial charge in [-0.3, -0.25) is 0 Å². The van der Waals surface area contributed by atoms with Crippen LogP contribution in [0.1, 0.15) is 25.0 Å². The molecule has 0 atom stereocenters. The van der Waals surface area contributed by atoms with E-state index in [0.29, 0.717) is 0 Å². The van der Waals surface area contributed by atoms with Gasteiger partial charge in [-0.1, -0.05) is 153 Å². The average Bonchev–Trinajstić information content (AvgIpc) is 3.73. The molecule has 0 fully saturated rings. The van der Waals surface area contributed by atoms with E-state index in [-0.39, 0.29) is 5.41 Å². The van der Waals surface area contributed by atoms with Crippen LogP contribution in [0.15, 0.2) is 188 Å². The van der Waals surface area contributed by atoms with Crippen molar-refractivity contribution in [1.29, 1.82) is 0 Å². The summed E-state index contributed by atoms with van der Waals surface area (Å²) in [6.45, 7) is 4.69. The number of anilines is 3. The largest absolute Gasteiger partial charge is 0.310 e. The third-order valence-electron chi connectivity index (χ3n) is 11.9. The van der Waals surface area contributed by atoms with Gasteiger partial charge in [0.1, 0.15) is 0 Å². The van der Waals surface area contributed by atoms with Crippen LogP contribution >= 0.6 is 11.3 Å². The monoisotopic (exact) mass is 719 g/mol. The van der Waals surface area contributed by atoms with Crippen LogP contribution in [0.25, 0.3) is 75.1 Å². The maximum atomic E-state index is 2.42. The molecule has 0 saturated carbocycles. The highest BCUT2D eigenvalue weighted by atomic mass is 32.1. The molecule has 0 amide bonds. The Bertz CT molecular complexity index is 3120. The summed E-state index contributed by atoms with van der Waals surface area (Å²) in [7, 11) is 0. The van der Waals surface area contributed by atoms with Crippen molar-refractivity contribution in [3.05, 3.63) is 199 Å².